The smallest absolute Gasteiger partial charge is 0.242 e. The van der Waals surface area contributed by atoms with E-state index in [4.69, 9.17) is 5.26 Å². The van der Waals surface area contributed by atoms with Gasteiger partial charge in [0, 0.05) is 33.2 Å². The first-order chi connectivity index (χ1) is 10.0. The second-order valence-electron chi connectivity index (χ2n) is 4.86. The Labute approximate surface area is 131 Å². The summed E-state index contributed by atoms with van der Waals surface area (Å²) in [6.45, 7) is 3.02. The molecule has 0 atom stereocenters. The van der Waals surface area contributed by atoms with Crippen molar-refractivity contribution in [3.63, 3.8) is 0 Å². The Hall–Kier alpha value is -1.65. The minimum atomic E-state index is -0.523. The summed E-state index contributed by atoms with van der Waals surface area (Å²) in [6, 6.07) is 4.96. The molecule has 0 spiro atoms. The number of amides is 1. The van der Waals surface area contributed by atoms with Crippen molar-refractivity contribution in [2.45, 2.75) is 0 Å². The molecule has 0 radical (unpaired) electrons. The normalized spacial score (nSPS) is 14.7. The molecule has 1 fully saturated rings. The molecule has 0 aromatic heterocycles. The molecule has 1 heterocycles. The first-order valence-corrected chi connectivity index (χ1v) is 7.41. The van der Waals surface area contributed by atoms with Gasteiger partial charge in [-0.1, -0.05) is 0 Å². The molecular weight excluding hydrogens is 339 g/mol. The average Bonchev–Trinajstić information content (AvgIpc) is 2.50. The summed E-state index contributed by atoms with van der Waals surface area (Å²) in [5, 5.41) is 12.0. The Morgan fingerprint density at radius 2 is 2.19 bits per heavy atom. The maximum absolute atomic E-state index is 14.2. The molecule has 0 bridgehead atoms. The minimum Gasteiger partial charge on any atom is -0.363 e. The maximum Gasteiger partial charge on any atom is 0.242 e. The van der Waals surface area contributed by atoms with Crippen LogP contribution >= 0.6 is 15.9 Å². The summed E-state index contributed by atoms with van der Waals surface area (Å²) in [5.74, 6) is -0.552. The van der Waals surface area contributed by atoms with Crippen molar-refractivity contribution in [3.05, 3.63) is 28.0 Å². The first-order valence-electron chi connectivity index (χ1n) is 6.62. The average molecular weight is 355 g/mol. The lowest BCUT2D eigenvalue weighted by atomic mass is 10.2. The zero-order valence-corrected chi connectivity index (χ0v) is 13.3. The fraction of sp³-hybridized carbons (Fsp3) is 0.429. The standard InChI is InChI=1S/C14H16BrFN4O/c1-19(9-12(21)20-6-4-18-5-7-20)11-3-2-10(8-17)13(15)14(11)16/h2-3,18H,4-7,9H2,1H3. The molecule has 1 aromatic rings. The molecule has 1 saturated heterocycles. The number of hydrogen-bond donors (Lipinski definition) is 1. The number of nitrogens with zero attached hydrogens (tertiary/aromatic N) is 3. The highest BCUT2D eigenvalue weighted by atomic mass is 79.9. The van der Waals surface area contributed by atoms with Crippen molar-refractivity contribution in [1.29, 1.82) is 5.26 Å². The number of piperazine rings is 1. The third-order valence-corrected chi connectivity index (χ3v) is 4.21. The Morgan fingerprint density at radius 1 is 1.52 bits per heavy atom. The van der Waals surface area contributed by atoms with Gasteiger partial charge >= 0.3 is 0 Å². The molecule has 112 valence electrons. The highest BCUT2D eigenvalue weighted by molar-refractivity contribution is 9.10. The summed E-state index contributed by atoms with van der Waals surface area (Å²) < 4.78 is 14.3. The van der Waals surface area contributed by atoms with Gasteiger partial charge in [-0.05, 0) is 28.1 Å². The van der Waals surface area contributed by atoms with E-state index in [1.165, 1.54) is 12.1 Å². The summed E-state index contributed by atoms with van der Waals surface area (Å²) >= 11 is 3.07. The van der Waals surface area contributed by atoms with Crippen LogP contribution in [0.4, 0.5) is 10.1 Å². The van der Waals surface area contributed by atoms with Gasteiger partial charge in [-0.2, -0.15) is 5.26 Å². The van der Waals surface area contributed by atoms with Gasteiger partial charge in [0.25, 0.3) is 0 Å². The fourth-order valence-corrected chi connectivity index (χ4v) is 2.65. The van der Waals surface area contributed by atoms with E-state index >= 15 is 0 Å². The van der Waals surface area contributed by atoms with Crippen LogP contribution in [0.25, 0.3) is 0 Å². The number of likely N-dealkylation sites (N-methyl/N-ethyl adjacent to an activating group) is 1. The zero-order chi connectivity index (χ0) is 15.4. The van der Waals surface area contributed by atoms with Crippen molar-refractivity contribution in [3.8, 4) is 6.07 Å². The number of nitrogens with one attached hydrogen (secondary N) is 1. The fourth-order valence-electron chi connectivity index (χ4n) is 2.22. The van der Waals surface area contributed by atoms with Gasteiger partial charge in [0.15, 0.2) is 5.82 Å². The van der Waals surface area contributed by atoms with Crippen molar-refractivity contribution in [2.75, 3.05) is 44.7 Å². The van der Waals surface area contributed by atoms with Gasteiger partial charge < -0.3 is 15.1 Å². The molecule has 1 aliphatic rings. The van der Waals surface area contributed by atoms with Crippen LogP contribution in [0.15, 0.2) is 16.6 Å². The molecule has 2 rings (SSSR count). The highest BCUT2D eigenvalue weighted by Crippen LogP contribution is 2.28. The number of carbonyl (C=O) groups is 1. The second kappa shape index (κ2) is 6.87. The molecule has 1 aromatic carbocycles. The van der Waals surface area contributed by atoms with E-state index in [0.29, 0.717) is 18.8 Å². The van der Waals surface area contributed by atoms with E-state index in [2.05, 4.69) is 21.2 Å². The van der Waals surface area contributed by atoms with Crippen LogP contribution in [-0.2, 0) is 4.79 Å². The van der Waals surface area contributed by atoms with Crippen LogP contribution in [0.1, 0.15) is 5.56 Å². The lowest BCUT2D eigenvalue weighted by molar-refractivity contribution is -0.130. The molecular formula is C14H16BrFN4O. The zero-order valence-electron chi connectivity index (χ0n) is 11.7. The second-order valence-corrected chi connectivity index (χ2v) is 5.65. The molecule has 0 unspecified atom stereocenters. The summed E-state index contributed by atoms with van der Waals surface area (Å²) in [7, 11) is 1.66. The Morgan fingerprint density at radius 3 is 2.81 bits per heavy atom. The number of benzene rings is 1. The van der Waals surface area contributed by atoms with Crippen LogP contribution in [0.3, 0.4) is 0 Å². The number of rotatable bonds is 3. The van der Waals surface area contributed by atoms with E-state index in [1.807, 2.05) is 6.07 Å². The van der Waals surface area contributed by atoms with Crippen molar-refractivity contribution < 1.29 is 9.18 Å². The summed E-state index contributed by atoms with van der Waals surface area (Å²) in [6.07, 6.45) is 0. The van der Waals surface area contributed by atoms with Crippen molar-refractivity contribution >= 4 is 27.5 Å². The monoisotopic (exact) mass is 354 g/mol. The molecule has 1 aliphatic heterocycles. The Balaban J connectivity index is 2.10. The maximum atomic E-state index is 14.2. The third kappa shape index (κ3) is 3.52. The quantitative estimate of drug-likeness (QED) is 0.889. The van der Waals surface area contributed by atoms with E-state index < -0.39 is 5.82 Å². The van der Waals surface area contributed by atoms with Crippen LogP contribution in [0, 0.1) is 17.1 Å². The van der Waals surface area contributed by atoms with Gasteiger partial charge in [0.05, 0.1) is 22.3 Å². The lowest BCUT2D eigenvalue weighted by Gasteiger charge is -2.30. The topological polar surface area (TPSA) is 59.4 Å². The number of halogens is 2. The minimum absolute atomic E-state index is 0.0288. The number of nitriles is 1. The van der Waals surface area contributed by atoms with Gasteiger partial charge in [-0.3, -0.25) is 4.79 Å². The Kier molecular flexibility index (Phi) is 5.15. The summed E-state index contributed by atoms with van der Waals surface area (Å²) in [4.78, 5) is 15.5. The van der Waals surface area contributed by atoms with Crippen molar-refractivity contribution in [1.82, 2.24) is 10.2 Å². The first kappa shape index (κ1) is 15.7. The third-order valence-electron chi connectivity index (χ3n) is 3.44. The molecule has 1 N–H and O–H groups in total. The summed E-state index contributed by atoms with van der Waals surface area (Å²) in [5.41, 5.74) is 0.530. The van der Waals surface area contributed by atoms with E-state index in [0.717, 1.165) is 13.1 Å². The van der Waals surface area contributed by atoms with E-state index in [1.54, 1.807) is 16.8 Å². The molecule has 7 heteroatoms. The number of anilines is 1. The number of hydrogen-bond acceptors (Lipinski definition) is 4. The molecule has 0 aliphatic carbocycles. The SMILES string of the molecule is CN(CC(=O)N1CCNCC1)c1ccc(C#N)c(Br)c1F. The number of carbonyl (C=O) groups excluding carboxylic acids is 1. The van der Waals surface area contributed by atoms with Crippen molar-refractivity contribution in [2.24, 2.45) is 0 Å². The molecule has 0 saturated carbocycles. The Bertz CT molecular complexity index is 581. The highest BCUT2D eigenvalue weighted by Gasteiger charge is 2.20. The van der Waals surface area contributed by atoms with Gasteiger partial charge in [0.2, 0.25) is 5.91 Å². The van der Waals surface area contributed by atoms with E-state index in [-0.39, 0.29) is 22.5 Å². The van der Waals surface area contributed by atoms with Gasteiger partial charge in [0.1, 0.15) is 6.07 Å². The van der Waals surface area contributed by atoms with Crippen LogP contribution in [0.2, 0.25) is 0 Å². The lowest BCUT2D eigenvalue weighted by Crippen LogP contribution is -2.49. The predicted octanol–water partition coefficient (Wildman–Crippen LogP) is 1.33. The van der Waals surface area contributed by atoms with Gasteiger partial charge in [-0.25, -0.2) is 4.39 Å². The molecule has 5 nitrogen and oxygen atoms in total. The van der Waals surface area contributed by atoms with E-state index in [9.17, 15) is 9.18 Å². The van der Waals surface area contributed by atoms with Crippen LogP contribution in [0.5, 0.6) is 0 Å². The molecule has 21 heavy (non-hydrogen) atoms. The molecule has 1 amide bonds. The van der Waals surface area contributed by atoms with Gasteiger partial charge in [-0.15, -0.1) is 0 Å². The predicted molar refractivity (Wildman–Crippen MR) is 81.5 cm³/mol. The largest absolute Gasteiger partial charge is 0.363 e. The van der Waals surface area contributed by atoms with Crippen LogP contribution < -0.4 is 10.2 Å². The van der Waals surface area contributed by atoms with Crippen LogP contribution in [-0.4, -0.2) is 50.6 Å².